The van der Waals surface area contributed by atoms with Crippen LogP contribution in [0.5, 0.6) is 0 Å². The van der Waals surface area contributed by atoms with E-state index in [1.807, 2.05) is 38.1 Å². The lowest BCUT2D eigenvalue weighted by molar-refractivity contribution is 0.983. The number of nitrogens with two attached hydrogens (primary N) is 1. The van der Waals surface area contributed by atoms with Crippen molar-refractivity contribution in [1.82, 2.24) is 15.4 Å². The number of hydrogen-bond donors (Lipinski definition) is 2. The molecule has 2 rings (SSSR count). The molecule has 3 N–H and O–H groups in total. The van der Waals surface area contributed by atoms with Gasteiger partial charge in [-0.3, -0.25) is 9.97 Å². The van der Waals surface area contributed by atoms with Gasteiger partial charge in [0.1, 0.15) is 0 Å². The smallest absolute Gasteiger partial charge is 0.234 e. The minimum Gasteiger partial charge on any atom is -0.367 e. The SMILES string of the molecule is C/C(=N/N=C(/N)N/N=C(/C)c1ccncc1)c1ccncc1. The Hall–Kier alpha value is -3.09. The second-order valence-corrected chi connectivity index (χ2v) is 4.45. The first-order valence-electron chi connectivity index (χ1n) is 6.65. The molecule has 0 aliphatic carbocycles. The van der Waals surface area contributed by atoms with Crippen LogP contribution in [-0.4, -0.2) is 27.4 Å². The minimum absolute atomic E-state index is 0.113. The van der Waals surface area contributed by atoms with Crippen molar-refractivity contribution in [3.05, 3.63) is 60.2 Å². The lowest BCUT2D eigenvalue weighted by atomic mass is 10.2. The van der Waals surface area contributed by atoms with Crippen molar-refractivity contribution in [3.63, 3.8) is 0 Å². The van der Waals surface area contributed by atoms with Crippen molar-refractivity contribution in [2.45, 2.75) is 13.8 Å². The lowest BCUT2D eigenvalue weighted by Crippen LogP contribution is -2.27. The number of aromatic nitrogens is 2. The van der Waals surface area contributed by atoms with Crippen LogP contribution in [0.4, 0.5) is 0 Å². The van der Waals surface area contributed by atoms with Gasteiger partial charge in [0, 0.05) is 35.9 Å². The Morgan fingerprint density at radius 2 is 1.36 bits per heavy atom. The molecule has 7 heteroatoms. The predicted octanol–water partition coefficient (Wildman–Crippen LogP) is 1.53. The first-order chi connectivity index (χ1) is 10.7. The fourth-order valence-electron chi connectivity index (χ4n) is 1.60. The summed E-state index contributed by atoms with van der Waals surface area (Å²) >= 11 is 0. The van der Waals surface area contributed by atoms with E-state index in [4.69, 9.17) is 5.73 Å². The van der Waals surface area contributed by atoms with Crippen LogP contribution in [-0.2, 0) is 0 Å². The van der Waals surface area contributed by atoms with Crippen molar-refractivity contribution in [3.8, 4) is 0 Å². The summed E-state index contributed by atoms with van der Waals surface area (Å²) in [6.07, 6.45) is 6.80. The van der Waals surface area contributed by atoms with E-state index in [-0.39, 0.29) is 5.96 Å². The molecule has 0 aromatic carbocycles. The molecule has 22 heavy (non-hydrogen) atoms. The lowest BCUT2D eigenvalue weighted by Gasteiger charge is -2.02. The third-order valence-electron chi connectivity index (χ3n) is 2.84. The summed E-state index contributed by atoms with van der Waals surface area (Å²) in [5.74, 6) is 0.113. The summed E-state index contributed by atoms with van der Waals surface area (Å²) in [4.78, 5) is 7.91. The molecule has 2 aromatic heterocycles. The van der Waals surface area contributed by atoms with E-state index < -0.39 is 0 Å². The van der Waals surface area contributed by atoms with Crippen molar-refractivity contribution in [2.75, 3.05) is 0 Å². The number of hydrazone groups is 1. The largest absolute Gasteiger partial charge is 0.367 e. The van der Waals surface area contributed by atoms with Crippen LogP contribution in [0.25, 0.3) is 0 Å². The molecule has 2 heterocycles. The van der Waals surface area contributed by atoms with Crippen LogP contribution < -0.4 is 11.2 Å². The normalized spacial score (nSPS) is 13.1. The molecule has 0 saturated carbocycles. The van der Waals surface area contributed by atoms with E-state index in [1.54, 1.807) is 24.8 Å². The highest BCUT2D eigenvalue weighted by Gasteiger charge is 1.97. The maximum atomic E-state index is 5.73. The first-order valence-corrected chi connectivity index (χ1v) is 6.65. The molecule has 0 amide bonds. The fraction of sp³-hybridized carbons (Fsp3) is 0.133. The van der Waals surface area contributed by atoms with Crippen molar-refractivity contribution < 1.29 is 0 Å². The van der Waals surface area contributed by atoms with Crippen LogP contribution in [0.1, 0.15) is 25.0 Å². The van der Waals surface area contributed by atoms with Gasteiger partial charge in [0.15, 0.2) is 0 Å². The van der Waals surface area contributed by atoms with E-state index in [0.29, 0.717) is 0 Å². The average molecular weight is 295 g/mol. The Labute approximate surface area is 128 Å². The van der Waals surface area contributed by atoms with Crippen molar-refractivity contribution in [1.29, 1.82) is 0 Å². The Bertz CT molecular complexity index is 690. The Morgan fingerprint density at radius 3 is 1.91 bits per heavy atom. The molecule has 0 unspecified atom stereocenters. The zero-order valence-corrected chi connectivity index (χ0v) is 12.4. The molecule has 0 bridgehead atoms. The van der Waals surface area contributed by atoms with Gasteiger partial charge in [-0.1, -0.05) is 0 Å². The van der Waals surface area contributed by atoms with Gasteiger partial charge in [-0.2, -0.15) is 10.2 Å². The molecule has 0 spiro atoms. The van der Waals surface area contributed by atoms with Gasteiger partial charge >= 0.3 is 0 Å². The first kappa shape index (κ1) is 15.3. The van der Waals surface area contributed by atoms with Crippen molar-refractivity contribution in [2.24, 2.45) is 21.0 Å². The number of hydrogen-bond acceptors (Lipinski definition) is 5. The number of nitrogens with one attached hydrogen (secondary N) is 1. The van der Waals surface area contributed by atoms with E-state index in [0.717, 1.165) is 22.6 Å². The summed E-state index contributed by atoms with van der Waals surface area (Å²) in [6.45, 7) is 3.71. The highest BCUT2D eigenvalue weighted by atomic mass is 15.4. The quantitative estimate of drug-likeness (QED) is 0.507. The molecule has 0 atom stereocenters. The van der Waals surface area contributed by atoms with Crippen LogP contribution in [0.15, 0.2) is 64.4 Å². The average Bonchev–Trinajstić information content (AvgIpc) is 2.59. The van der Waals surface area contributed by atoms with Crippen LogP contribution in [0, 0.1) is 0 Å². The maximum Gasteiger partial charge on any atom is 0.234 e. The van der Waals surface area contributed by atoms with Crippen LogP contribution in [0.3, 0.4) is 0 Å². The van der Waals surface area contributed by atoms with Crippen LogP contribution >= 0.6 is 0 Å². The van der Waals surface area contributed by atoms with Crippen LogP contribution in [0.2, 0.25) is 0 Å². The maximum absolute atomic E-state index is 5.73. The Morgan fingerprint density at radius 1 is 0.864 bits per heavy atom. The van der Waals surface area contributed by atoms with Gasteiger partial charge in [0.05, 0.1) is 11.4 Å². The van der Waals surface area contributed by atoms with Gasteiger partial charge < -0.3 is 5.73 Å². The van der Waals surface area contributed by atoms with Gasteiger partial charge in [0.2, 0.25) is 5.96 Å². The fourth-order valence-corrected chi connectivity index (χ4v) is 1.60. The number of guanidine groups is 1. The molecule has 112 valence electrons. The van der Waals surface area contributed by atoms with E-state index in [9.17, 15) is 0 Å². The summed E-state index contributed by atoms with van der Waals surface area (Å²) in [5, 5.41) is 12.1. The monoisotopic (exact) mass is 295 g/mol. The molecular formula is C15H17N7. The molecule has 0 aliphatic heterocycles. The Balaban J connectivity index is 2.01. The predicted molar refractivity (Wildman–Crippen MR) is 87.7 cm³/mol. The molecule has 0 radical (unpaired) electrons. The molecule has 2 aromatic rings. The van der Waals surface area contributed by atoms with Crippen molar-refractivity contribution >= 4 is 17.4 Å². The molecule has 7 nitrogen and oxygen atoms in total. The molecule has 0 saturated heterocycles. The topological polar surface area (TPSA) is 101 Å². The number of rotatable bonds is 4. The van der Waals surface area contributed by atoms with Gasteiger partial charge in [-0.05, 0) is 38.1 Å². The van der Waals surface area contributed by atoms with E-state index >= 15 is 0 Å². The summed E-state index contributed by atoms with van der Waals surface area (Å²) in [6, 6.07) is 7.42. The second-order valence-electron chi connectivity index (χ2n) is 4.45. The molecule has 0 aliphatic rings. The molecular weight excluding hydrogens is 278 g/mol. The third kappa shape index (κ3) is 4.48. The zero-order chi connectivity index (χ0) is 15.8. The second kappa shape index (κ2) is 7.63. The van der Waals surface area contributed by atoms with E-state index in [1.165, 1.54) is 0 Å². The van der Waals surface area contributed by atoms with Gasteiger partial charge in [-0.15, -0.1) is 5.10 Å². The Kier molecular flexibility index (Phi) is 5.31. The minimum atomic E-state index is 0.113. The highest BCUT2D eigenvalue weighted by molar-refractivity contribution is 6.00. The third-order valence-corrected chi connectivity index (χ3v) is 2.84. The van der Waals surface area contributed by atoms with Gasteiger partial charge in [0.25, 0.3) is 0 Å². The standard InChI is InChI=1S/C15H17N7/c1-11(13-3-7-17-8-4-13)19-21-15(16)22-20-12(2)14-5-9-18-10-6-14/h3-10H,1-2H3,(H3,16,21,22)/b19-11-,20-12-. The van der Waals surface area contributed by atoms with Gasteiger partial charge in [-0.25, -0.2) is 5.43 Å². The van der Waals surface area contributed by atoms with E-state index in [2.05, 4.69) is 30.7 Å². The molecule has 0 fully saturated rings. The zero-order valence-electron chi connectivity index (χ0n) is 12.4. The number of nitrogens with zero attached hydrogens (tertiary/aromatic N) is 5. The summed E-state index contributed by atoms with van der Waals surface area (Å²) < 4.78 is 0. The number of pyridine rings is 2. The summed E-state index contributed by atoms with van der Waals surface area (Å²) in [5.41, 5.74) is 11.8. The summed E-state index contributed by atoms with van der Waals surface area (Å²) in [7, 11) is 0. The highest BCUT2D eigenvalue weighted by Crippen LogP contribution is 1.99.